The Morgan fingerprint density at radius 2 is 1.79 bits per heavy atom. The van der Waals surface area contributed by atoms with Gasteiger partial charge in [0.25, 0.3) is 0 Å². The Morgan fingerprint density at radius 1 is 1.00 bits per heavy atom. The van der Waals surface area contributed by atoms with E-state index in [1.807, 2.05) is 6.07 Å². The molecule has 100 valence electrons. The Morgan fingerprint density at radius 3 is 2.53 bits per heavy atom. The van der Waals surface area contributed by atoms with Crippen molar-refractivity contribution in [2.45, 2.75) is 25.2 Å². The molecule has 19 heavy (non-hydrogen) atoms. The molecule has 2 aromatic carbocycles. The Labute approximate surface area is 114 Å². The fourth-order valence-corrected chi connectivity index (χ4v) is 2.57. The molecule has 2 aromatic rings. The summed E-state index contributed by atoms with van der Waals surface area (Å²) in [6.45, 7) is 1.22. The molecule has 0 saturated heterocycles. The van der Waals surface area contributed by atoms with Gasteiger partial charge in [0.05, 0.1) is 6.61 Å². The summed E-state index contributed by atoms with van der Waals surface area (Å²) in [5.41, 5.74) is 1.49. The normalized spacial score (nSPS) is 15.4. The predicted octanol–water partition coefficient (Wildman–Crippen LogP) is 4.13. The molecule has 0 amide bonds. The van der Waals surface area contributed by atoms with Crippen molar-refractivity contribution in [3.05, 3.63) is 42.0 Å². The molecular weight excluding hydrogens is 236 g/mol. The number of rotatable bonds is 5. The Hall–Kier alpha value is -1.54. The number of hydrogen-bond donors (Lipinski definition) is 0. The zero-order valence-corrected chi connectivity index (χ0v) is 11.4. The molecule has 0 spiro atoms. The highest BCUT2D eigenvalue weighted by Crippen LogP contribution is 2.37. The van der Waals surface area contributed by atoms with E-state index in [4.69, 9.17) is 9.47 Å². The molecule has 0 N–H and O–H groups in total. The highest BCUT2D eigenvalue weighted by Gasteiger charge is 2.19. The van der Waals surface area contributed by atoms with Crippen LogP contribution >= 0.6 is 0 Å². The summed E-state index contributed by atoms with van der Waals surface area (Å²) in [6.07, 6.45) is 4.09. The molecule has 2 nitrogen and oxygen atoms in total. The van der Waals surface area contributed by atoms with Gasteiger partial charge in [-0.1, -0.05) is 30.7 Å². The number of fused-ring (bicyclic) bond motifs is 1. The lowest BCUT2D eigenvalue weighted by Gasteiger charge is -2.26. The third kappa shape index (κ3) is 2.74. The van der Waals surface area contributed by atoms with E-state index >= 15 is 0 Å². The van der Waals surface area contributed by atoms with Crippen molar-refractivity contribution in [1.82, 2.24) is 0 Å². The number of ether oxygens (including phenoxy) is 2. The van der Waals surface area contributed by atoms with Gasteiger partial charge in [0, 0.05) is 7.11 Å². The molecule has 0 unspecified atom stereocenters. The zero-order chi connectivity index (χ0) is 13.1. The molecule has 2 heteroatoms. The van der Waals surface area contributed by atoms with Crippen LogP contribution in [-0.2, 0) is 4.74 Å². The van der Waals surface area contributed by atoms with Crippen molar-refractivity contribution in [3.8, 4) is 5.75 Å². The maximum atomic E-state index is 5.64. The van der Waals surface area contributed by atoms with E-state index in [9.17, 15) is 0 Å². The molecule has 3 rings (SSSR count). The summed E-state index contributed by atoms with van der Waals surface area (Å²) in [4.78, 5) is 0. The summed E-state index contributed by atoms with van der Waals surface area (Å²) < 4.78 is 10.6. The first-order valence-corrected chi connectivity index (χ1v) is 7.02. The van der Waals surface area contributed by atoms with E-state index in [-0.39, 0.29) is 0 Å². The van der Waals surface area contributed by atoms with Crippen molar-refractivity contribution in [3.63, 3.8) is 0 Å². The van der Waals surface area contributed by atoms with Gasteiger partial charge in [-0.05, 0) is 47.2 Å². The largest absolute Gasteiger partial charge is 0.491 e. The van der Waals surface area contributed by atoms with Crippen molar-refractivity contribution in [1.29, 1.82) is 0 Å². The van der Waals surface area contributed by atoms with Crippen LogP contribution in [0.25, 0.3) is 10.8 Å². The van der Waals surface area contributed by atoms with E-state index in [2.05, 4.69) is 30.3 Å². The quantitative estimate of drug-likeness (QED) is 0.749. The summed E-state index contributed by atoms with van der Waals surface area (Å²) in [7, 11) is 1.69. The molecule has 1 fully saturated rings. The first kappa shape index (κ1) is 12.5. The van der Waals surface area contributed by atoms with E-state index in [1.165, 1.54) is 35.6 Å². The van der Waals surface area contributed by atoms with Crippen molar-refractivity contribution in [2.75, 3.05) is 20.3 Å². The Balaban J connectivity index is 1.79. The van der Waals surface area contributed by atoms with Gasteiger partial charge in [0.15, 0.2) is 0 Å². The van der Waals surface area contributed by atoms with Crippen LogP contribution < -0.4 is 4.74 Å². The third-order valence-corrected chi connectivity index (χ3v) is 3.97. The van der Waals surface area contributed by atoms with Crippen molar-refractivity contribution >= 4 is 10.8 Å². The first-order chi connectivity index (χ1) is 9.36. The SMILES string of the molecule is COCCOc1ccc2cc(C3CCC3)ccc2c1. The lowest BCUT2D eigenvalue weighted by molar-refractivity contribution is 0.146. The summed E-state index contributed by atoms with van der Waals surface area (Å²) >= 11 is 0. The molecular formula is C17H20O2. The van der Waals surface area contributed by atoms with Gasteiger partial charge in [-0.15, -0.1) is 0 Å². The predicted molar refractivity (Wildman–Crippen MR) is 77.9 cm³/mol. The first-order valence-electron chi connectivity index (χ1n) is 7.02. The third-order valence-electron chi connectivity index (χ3n) is 3.97. The Kier molecular flexibility index (Phi) is 3.69. The fourth-order valence-electron chi connectivity index (χ4n) is 2.57. The standard InChI is InChI=1S/C17H20O2/c1-18-9-10-19-17-8-7-15-11-14(13-3-2-4-13)5-6-16(15)12-17/h5-8,11-13H,2-4,9-10H2,1H3. The van der Waals surface area contributed by atoms with Crippen LogP contribution in [0.2, 0.25) is 0 Å². The molecule has 0 heterocycles. The summed E-state index contributed by atoms with van der Waals surface area (Å²) in [5, 5.41) is 2.56. The average molecular weight is 256 g/mol. The van der Waals surface area contributed by atoms with Gasteiger partial charge in [0.2, 0.25) is 0 Å². The average Bonchev–Trinajstić information content (AvgIpc) is 2.37. The highest BCUT2D eigenvalue weighted by atomic mass is 16.5. The van der Waals surface area contributed by atoms with Crippen LogP contribution in [0.1, 0.15) is 30.7 Å². The second kappa shape index (κ2) is 5.62. The molecule has 0 bridgehead atoms. The topological polar surface area (TPSA) is 18.5 Å². The number of benzene rings is 2. The zero-order valence-electron chi connectivity index (χ0n) is 11.4. The molecule has 1 saturated carbocycles. The van der Waals surface area contributed by atoms with Crippen LogP contribution in [-0.4, -0.2) is 20.3 Å². The minimum Gasteiger partial charge on any atom is -0.491 e. The van der Waals surface area contributed by atoms with Crippen molar-refractivity contribution < 1.29 is 9.47 Å². The molecule has 0 atom stereocenters. The van der Waals surface area contributed by atoms with Gasteiger partial charge >= 0.3 is 0 Å². The monoisotopic (exact) mass is 256 g/mol. The lowest BCUT2D eigenvalue weighted by atomic mass is 9.79. The lowest BCUT2D eigenvalue weighted by Crippen LogP contribution is -2.08. The van der Waals surface area contributed by atoms with Crippen LogP contribution in [0.5, 0.6) is 5.75 Å². The maximum Gasteiger partial charge on any atom is 0.120 e. The van der Waals surface area contributed by atoms with Gasteiger partial charge in [-0.3, -0.25) is 0 Å². The Bertz CT molecular complexity index is 558. The highest BCUT2D eigenvalue weighted by molar-refractivity contribution is 5.84. The van der Waals surface area contributed by atoms with Gasteiger partial charge in [0.1, 0.15) is 12.4 Å². The van der Waals surface area contributed by atoms with Crippen LogP contribution in [0, 0.1) is 0 Å². The molecule has 0 aliphatic heterocycles. The van der Waals surface area contributed by atoms with Crippen LogP contribution in [0.3, 0.4) is 0 Å². The van der Waals surface area contributed by atoms with Crippen LogP contribution in [0.15, 0.2) is 36.4 Å². The van der Waals surface area contributed by atoms with Gasteiger partial charge in [-0.2, -0.15) is 0 Å². The van der Waals surface area contributed by atoms with Gasteiger partial charge in [-0.25, -0.2) is 0 Å². The molecule has 0 radical (unpaired) electrons. The second-order valence-corrected chi connectivity index (χ2v) is 5.24. The molecule has 1 aliphatic carbocycles. The smallest absolute Gasteiger partial charge is 0.120 e. The second-order valence-electron chi connectivity index (χ2n) is 5.24. The maximum absolute atomic E-state index is 5.64. The van der Waals surface area contributed by atoms with Crippen molar-refractivity contribution in [2.24, 2.45) is 0 Å². The molecule has 1 aliphatic rings. The van der Waals surface area contributed by atoms with E-state index in [0.717, 1.165) is 11.7 Å². The summed E-state index contributed by atoms with van der Waals surface area (Å²) in [6, 6.07) is 13.1. The van der Waals surface area contributed by atoms with Gasteiger partial charge < -0.3 is 9.47 Å². The van der Waals surface area contributed by atoms with E-state index < -0.39 is 0 Å². The number of methoxy groups -OCH3 is 1. The van der Waals surface area contributed by atoms with E-state index in [0.29, 0.717) is 13.2 Å². The minimum absolute atomic E-state index is 0.599. The minimum atomic E-state index is 0.599. The fraction of sp³-hybridized carbons (Fsp3) is 0.412. The summed E-state index contributed by atoms with van der Waals surface area (Å²) in [5.74, 6) is 1.71. The molecule has 0 aromatic heterocycles. The van der Waals surface area contributed by atoms with Crippen LogP contribution in [0.4, 0.5) is 0 Å². The van der Waals surface area contributed by atoms with E-state index in [1.54, 1.807) is 7.11 Å². The number of hydrogen-bond acceptors (Lipinski definition) is 2.